The Labute approximate surface area is 697 Å². The van der Waals surface area contributed by atoms with Crippen LogP contribution in [-0.4, -0.2) is 183 Å². The number of hydrogen-bond acceptors (Lipinski definition) is 21. The second-order valence-electron chi connectivity index (χ2n) is 33.2. The van der Waals surface area contributed by atoms with Crippen LogP contribution in [0.5, 0.6) is 0 Å². The van der Waals surface area contributed by atoms with Crippen LogP contribution < -0.4 is 21.3 Å². The van der Waals surface area contributed by atoms with Crippen molar-refractivity contribution in [1.29, 1.82) is 0 Å². The minimum absolute atomic E-state index is 0.00443. The zero-order valence-corrected chi connectivity index (χ0v) is 68.2. The number of aromatic nitrogens is 13. The summed E-state index contributed by atoms with van der Waals surface area (Å²) in [5, 5.41) is 14.2. The molecule has 4 saturated heterocycles. The van der Waals surface area contributed by atoms with Gasteiger partial charge < -0.3 is 40.9 Å². The van der Waals surface area contributed by atoms with Crippen molar-refractivity contribution in [2.75, 3.05) is 47.4 Å². The summed E-state index contributed by atoms with van der Waals surface area (Å²) in [5.41, 5.74) is 14.2. The van der Waals surface area contributed by atoms with Gasteiger partial charge in [0.25, 0.3) is 23.6 Å². The maximum atomic E-state index is 13.6. The Morgan fingerprint density at radius 3 is 1.12 bits per heavy atom. The molecule has 608 valence electrons. The fourth-order valence-electron chi connectivity index (χ4n) is 18.7. The van der Waals surface area contributed by atoms with E-state index in [0.717, 1.165) is 181 Å². The van der Waals surface area contributed by atoms with Crippen LogP contribution in [-0.2, 0) is 0 Å². The molecule has 16 heterocycles. The Kier molecular flexibility index (Phi) is 22.9. The highest BCUT2D eigenvalue weighted by Gasteiger charge is 2.52. The van der Waals surface area contributed by atoms with Gasteiger partial charge in [-0.25, -0.2) is 39.3 Å². The van der Waals surface area contributed by atoms with E-state index in [1.807, 2.05) is 208 Å². The van der Waals surface area contributed by atoms with Crippen molar-refractivity contribution in [2.45, 2.75) is 148 Å². The van der Waals surface area contributed by atoms with Gasteiger partial charge in [0.1, 0.15) is 46.0 Å². The molecule has 0 aromatic carbocycles. The Hall–Kier alpha value is -13.3. The quantitative estimate of drug-likeness (QED) is 0.0699. The number of aryl methyl sites for hydroxylation is 7. The molecule has 25 nitrogen and oxygen atoms in total. The average molecular weight is 1600 g/mol. The predicted molar refractivity (Wildman–Crippen MR) is 458 cm³/mol. The van der Waals surface area contributed by atoms with Gasteiger partial charge in [0, 0.05) is 129 Å². The van der Waals surface area contributed by atoms with Crippen LogP contribution in [0.2, 0.25) is 0 Å². The van der Waals surface area contributed by atoms with E-state index < -0.39 is 5.82 Å². The van der Waals surface area contributed by atoms with Gasteiger partial charge in [-0.05, 0) is 254 Å². The normalized spacial score (nSPS) is 22.3. The van der Waals surface area contributed by atoms with Crippen molar-refractivity contribution in [3.63, 3.8) is 0 Å². The number of piperidine rings is 4. The monoisotopic (exact) mass is 1600 g/mol. The molecule has 12 atom stereocenters. The number of anilines is 4. The summed E-state index contributed by atoms with van der Waals surface area (Å²) in [6.45, 7) is 17.1. The van der Waals surface area contributed by atoms with Gasteiger partial charge >= 0.3 is 0 Å². The molecule has 26 heteroatoms. The number of nitrogens with zero attached hydrogens (tertiary/aromatic N) is 17. The molecule has 12 unspecified atom stereocenters. The van der Waals surface area contributed by atoms with E-state index in [0.29, 0.717) is 57.6 Å². The number of fused-ring (bicyclic) bond motifs is 8. The minimum Gasteiger partial charge on any atom is -0.365 e. The first-order valence-corrected chi connectivity index (χ1v) is 41.4. The lowest BCUT2D eigenvalue weighted by molar-refractivity contribution is 0.0680. The number of hydrogen-bond donors (Lipinski definition) is 4. The number of likely N-dealkylation sites (tertiary alicyclic amines) is 4. The van der Waals surface area contributed by atoms with Crippen molar-refractivity contribution in [3.8, 4) is 45.4 Å². The van der Waals surface area contributed by atoms with Gasteiger partial charge in [-0.15, -0.1) is 0 Å². The van der Waals surface area contributed by atoms with Gasteiger partial charge in [-0.2, -0.15) is 0 Å². The zero-order chi connectivity index (χ0) is 82.7. The molecule has 120 heavy (non-hydrogen) atoms. The molecular weight excluding hydrogens is 1510 g/mol. The van der Waals surface area contributed by atoms with Crippen LogP contribution in [0.1, 0.15) is 132 Å². The van der Waals surface area contributed by atoms with Crippen LogP contribution in [0.3, 0.4) is 0 Å². The lowest BCUT2D eigenvalue weighted by Gasteiger charge is -2.34. The molecule has 8 bridgehead atoms. The molecule has 4 N–H and O–H groups in total. The number of halogens is 1. The molecule has 12 aromatic heterocycles. The second-order valence-corrected chi connectivity index (χ2v) is 33.2. The predicted octanol–water partition coefficient (Wildman–Crippen LogP) is 14.7. The Morgan fingerprint density at radius 1 is 0.325 bits per heavy atom. The topological polar surface area (TPSA) is 297 Å². The first-order chi connectivity index (χ1) is 58.3. The Morgan fingerprint density at radius 2 is 0.708 bits per heavy atom. The molecule has 4 amide bonds. The average Bonchev–Trinajstić information content (AvgIpc) is 1.64. The van der Waals surface area contributed by atoms with Crippen molar-refractivity contribution in [2.24, 2.45) is 23.7 Å². The maximum Gasteiger partial charge on any atom is 0.273 e. The zero-order valence-electron chi connectivity index (χ0n) is 68.2. The summed E-state index contributed by atoms with van der Waals surface area (Å²) in [5.74, 6) is 5.10. The summed E-state index contributed by atoms with van der Waals surface area (Å²) in [4.78, 5) is 120. The fourth-order valence-corrected chi connectivity index (χ4v) is 18.7. The summed E-state index contributed by atoms with van der Waals surface area (Å²) >= 11 is 0. The largest absolute Gasteiger partial charge is 0.365 e. The molecule has 20 rings (SSSR count). The summed E-state index contributed by atoms with van der Waals surface area (Å²) in [6, 6.07) is 47.9. The third-order valence-electron chi connectivity index (χ3n) is 24.3. The van der Waals surface area contributed by atoms with Crippen molar-refractivity contribution >= 4 is 46.9 Å². The van der Waals surface area contributed by atoms with Crippen molar-refractivity contribution < 1.29 is 23.6 Å². The minimum atomic E-state index is -0.530. The van der Waals surface area contributed by atoms with Crippen molar-refractivity contribution in [1.82, 2.24) is 84.4 Å². The molecule has 8 fully saturated rings. The maximum absolute atomic E-state index is 13.6. The Balaban J connectivity index is 0.000000114. The van der Waals surface area contributed by atoms with E-state index in [1.54, 1.807) is 43.1 Å². The molecule has 12 aromatic rings. The smallest absolute Gasteiger partial charge is 0.273 e. The molecular formula is C94H96FN21O4. The highest BCUT2D eigenvalue weighted by molar-refractivity contribution is 6.02. The molecule has 4 saturated carbocycles. The van der Waals surface area contributed by atoms with Crippen molar-refractivity contribution in [3.05, 3.63) is 281 Å². The summed E-state index contributed by atoms with van der Waals surface area (Å²) in [6.07, 6.45) is 26.5. The number of carbonyl (C=O) groups excluding carboxylic acids is 4. The summed E-state index contributed by atoms with van der Waals surface area (Å²) in [7, 11) is 0. The molecule has 0 spiro atoms. The third-order valence-corrected chi connectivity index (χ3v) is 24.3. The third kappa shape index (κ3) is 17.4. The van der Waals surface area contributed by atoms with E-state index in [1.165, 1.54) is 0 Å². The Bertz CT molecular complexity index is 5500. The molecule has 4 aliphatic carbocycles. The van der Waals surface area contributed by atoms with Gasteiger partial charge in [0.05, 0.1) is 64.8 Å². The second kappa shape index (κ2) is 34.7. The highest BCUT2D eigenvalue weighted by atomic mass is 19.1. The van der Waals surface area contributed by atoms with Gasteiger partial charge in [-0.1, -0.05) is 42.5 Å². The van der Waals surface area contributed by atoms with Gasteiger partial charge in [0.15, 0.2) is 11.6 Å². The lowest BCUT2D eigenvalue weighted by Crippen LogP contribution is -2.48. The number of pyridine rings is 11. The SMILES string of the molecule is Cc1ccc(NC2CC3CC2N(C(=O)c2ccc(C)nc2-c2ccccn2)C3)nc1.Cc1ccc(NC2CC3CC2N(C(=O)c2cccnc2-c2ncc(F)cn2)C3)nc1.Cc1ccc(NC2CC3CC2N(C(=O)c2nc(C)ccc2-c2ccccn2)C3)nc1.Cc1ccc(NC2CC3CC2N(C(=O)c2ncc(C)cc2-c2ccccn2)C3)nc1. The number of amides is 4. The van der Waals surface area contributed by atoms with E-state index in [2.05, 4.69) is 104 Å². The molecule has 0 radical (unpaired) electrons. The first-order valence-electron chi connectivity index (χ1n) is 41.4. The van der Waals surface area contributed by atoms with E-state index in [4.69, 9.17) is 0 Å². The highest BCUT2D eigenvalue weighted by Crippen LogP contribution is 2.45. The van der Waals surface area contributed by atoms with Gasteiger partial charge in [0.2, 0.25) is 0 Å². The molecule has 8 aliphatic rings. The van der Waals surface area contributed by atoms with Crippen LogP contribution in [0.25, 0.3) is 45.4 Å². The number of nitrogens with one attached hydrogen (secondary N) is 4. The van der Waals surface area contributed by atoms with E-state index in [9.17, 15) is 23.6 Å². The van der Waals surface area contributed by atoms with E-state index >= 15 is 0 Å². The van der Waals surface area contributed by atoms with Crippen LogP contribution in [0.4, 0.5) is 27.7 Å². The first kappa shape index (κ1) is 79.2. The fraction of sp³-hybridized carbons (Fsp3) is 0.330. The number of carbonyl (C=O) groups is 4. The van der Waals surface area contributed by atoms with Crippen LogP contribution >= 0.6 is 0 Å². The number of rotatable bonds is 16. The standard InChI is InChI=1S/3C24H25N5O.C22H21FN6O/c1-15-6-9-22(26-13-15)28-20-11-17-12-21(20)29(14-17)24(30)18-8-7-16(2)27-23(18)19-5-3-4-10-25-19;1-15-6-9-22(26-13-15)28-20-11-17-12-21(20)29(14-17)24(30)23-18(8-7-16(2)27-23)19-5-3-4-10-25-19;1-15-6-7-22(26-12-15)28-20-10-17-11-21(20)29(14-17)24(30)23-18(9-16(2)13-27-23)19-5-3-4-8-25-19;1-13-4-5-19(25-9-13)28-17-7-14-8-18(17)29(12-14)22(30)16-3-2-6-24-20(16)21-26-10-15(23)11-27-21/h2*3-10,13,17,20-21H,11-12,14H2,1-2H3,(H,26,28);3-9,12-13,17,20-21H,10-11,14H2,1-2H3,(H,26,28);2-6,9-11,14,17-18H,7-8,12H2,1H3,(H,25,28). The van der Waals surface area contributed by atoms with Crippen LogP contribution in [0, 0.1) is 78.0 Å². The lowest BCUT2D eigenvalue weighted by atomic mass is 10.0. The van der Waals surface area contributed by atoms with E-state index in [-0.39, 0.29) is 77.8 Å². The summed E-state index contributed by atoms with van der Waals surface area (Å²) < 4.78 is 13.2. The van der Waals surface area contributed by atoms with Gasteiger partial charge in [-0.3, -0.25) is 49.1 Å². The van der Waals surface area contributed by atoms with Crippen LogP contribution in [0.15, 0.2) is 214 Å². The molecule has 4 aliphatic heterocycles.